The van der Waals surface area contributed by atoms with Gasteiger partial charge in [0.15, 0.2) is 0 Å². The Bertz CT molecular complexity index is 843. The van der Waals surface area contributed by atoms with Crippen LogP contribution in [0.4, 0.5) is 5.69 Å². The van der Waals surface area contributed by atoms with Crippen LogP contribution in [0, 0.1) is 0 Å². The van der Waals surface area contributed by atoms with Crippen LogP contribution < -0.4 is 4.72 Å². The molecule has 0 unspecified atom stereocenters. The summed E-state index contributed by atoms with van der Waals surface area (Å²) < 4.78 is 49.7. The minimum atomic E-state index is -3.85. The zero-order valence-electron chi connectivity index (χ0n) is 10.9. The summed E-state index contributed by atoms with van der Waals surface area (Å²) in [6, 6.07) is 7.28. The predicted octanol–water partition coefficient (Wildman–Crippen LogP) is 3.04. The van der Waals surface area contributed by atoms with Gasteiger partial charge in [-0.25, -0.2) is 16.8 Å². The van der Waals surface area contributed by atoms with Crippen molar-refractivity contribution in [3.05, 3.63) is 41.3 Å². The van der Waals surface area contributed by atoms with Gasteiger partial charge in [0.2, 0.25) is 0 Å². The maximum absolute atomic E-state index is 12.1. The number of halogens is 1. The molecule has 114 valence electrons. The Labute approximate surface area is 132 Å². The minimum absolute atomic E-state index is 0.00858. The van der Waals surface area contributed by atoms with Gasteiger partial charge >= 0.3 is 0 Å². The zero-order chi connectivity index (χ0) is 15.7. The zero-order valence-corrected chi connectivity index (χ0v) is 14.1. The van der Waals surface area contributed by atoms with E-state index in [4.69, 9.17) is 10.7 Å². The second kappa shape index (κ2) is 5.96. The number of nitrogens with one attached hydrogen (secondary N) is 1. The molecule has 0 aliphatic rings. The summed E-state index contributed by atoms with van der Waals surface area (Å²) in [5.74, 6) is 0. The molecule has 0 bridgehead atoms. The van der Waals surface area contributed by atoms with E-state index in [1.807, 2.05) is 0 Å². The van der Waals surface area contributed by atoms with Gasteiger partial charge in [-0.3, -0.25) is 4.72 Å². The first-order valence-corrected chi connectivity index (χ1v) is 10.5. The van der Waals surface area contributed by atoms with Crippen molar-refractivity contribution in [2.75, 3.05) is 4.72 Å². The van der Waals surface area contributed by atoms with Crippen molar-refractivity contribution in [3.63, 3.8) is 0 Å². The van der Waals surface area contributed by atoms with Gasteiger partial charge in [0.1, 0.15) is 4.21 Å². The summed E-state index contributed by atoms with van der Waals surface area (Å²) in [7, 11) is -2.17. The van der Waals surface area contributed by atoms with Crippen LogP contribution >= 0.6 is 22.0 Å². The molecule has 21 heavy (non-hydrogen) atoms. The van der Waals surface area contributed by atoms with E-state index in [1.54, 1.807) is 18.4 Å². The Morgan fingerprint density at radius 1 is 1.19 bits per heavy atom. The summed E-state index contributed by atoms with van der Waals surface area (Å²) >= 11 is 1.10. The van der Waals surface area contributed by atoms with E-state index in [2.05, 4.69) is 4.72 Å². The SMILES string of the molecule is CCc1cc(NS(=O)(=O)c2cccs2)ccc1S(=O)(=O)Cl. The van der Waals surface area contributed by atoms with Gasteiger partial charge in [-0.05, 0) is 41.6 Å². The van der Waals surface area contributed by atoms with Crippen LogP contribution in [0.15, 0.2) is 44.8 Å². The molecule has 0 saturated carbocycles. The van der Waals surface area contributed by atoms with Crippen molar-refractivity contribution in [2.24, 2.45) is 0 Å². The van der Waals surface area contributed by atoms with E-state index in [9.17, 15) is 16.8 Å². The first-order valence-electron chi connectivity index (χ1n) is 5.88. The first kappa shape index (κ1) is 16.3. The van der Waals surface area contributed by atoms with Crippen molar-refractivity contribution < 1.29 is 16.8 Å². The van der Waals surface area contributed by atoms with E-state index in [1.165, 1.54) is 24.3 Å². The predicted molar refractivity (Wildman–Crippen MR) is 84.0 cm³/mol. The second-order valence-corrected chi connectivity index (χ2v) is 9.54. The number of anilines is 1. The number of thiophene rings is 1. The fraction of sp³-hybridized carbons (Fsp3) is 0.167. The summed E-state index contributed by atoms with van der Waals surface area (Å²) in [6.45, 7) is 1.76. The molecule has 5 nitrogen and oxygen atoms in total. The fourth-order valence-electron chi connectivity index (χ4n) is 1.78. The standard InChI is InChI=1S/C12H12ClNO4S3/c1-2-9-8-10(5-6-11(9)20(13,15)16)14-21(17,18)12-4-3-7-19-12/h3-8,14H,2H2,1H3. The molecular weight excluding hydrogens is 354 g/mol. The quantitative estimate of drug-likeness (QED) is 0.826. The van der Waals surface area contributed by atoms with Crippen LogP contribution in [0.5, 0.6) is 0 Å². The van der Waals surface area contributed by atoms with Crippen molar-refractivity contribution in [3.8, 4) is 0 Å². The molecular formula is C12H12ClNO4S3. The average molecular weight is 366 g/mol. The lowest BCUT2D eigenvalue weighted by atomic mass is 10.1. The van der Waals surface area contributed by atoms with Crippen LogP contribution in [0.2, 0.25) is 0 Å². The van der Waals surface area contributed by atoms with Gasteiger partial charge in [-0.1, -0.05) is 13.0 Å². The average Bonchev–Trinajstić information content (AvgIpc) is 2.91. The molecule has 2 rings (SSSR count). The van der Waals surface area contributed by atoms with Crippen LogP contribution in [-0.2, 0) is 25.5 Å². The Kier molecular flexibility index (Phi) is 4.62. The highest BCUT2D eigenvalue weighted by atomic mass is 35.7. The number of aryl methyl sites for hydroxylation is 1. The minimum Gasteiger partial charge on any atom is -0.279 e. The van der Waals surface area contributed by atoms with Crippen molar-refractivity contribution >= 4 is 46.8 Å². The topological polar surface area (TPSA) is 80.3 Å². The fourth-order valence-corrected chi connectivity index (χ4v) is 5.02. The molecule has 0 amide bonds. The third-order valence-corrected chi connectivity index (χ3v) is 6.92. The number of hydrogen-bond acceptors (Lipinski definition) is 5. The molecule has 1 N–H and O–H groups in total. The number of rotatable bonds is 5. The Morgan fingerprint density at radius 2 is 1.90 bits per heavy atom. The van der Waals surface area contributed by atoms with Crippen molar-refractivity contribution in [1.29, 1.82) is 0 Å². The van der Waals surface area contributed by atoms with Gasteiger partial charge in [0.05, 0.1) is 4.90 Å². The van der Waals surface area contributed by atoms with E-state index in [0.717, 1.165) is 11.3 Å². The van der Waals surface area contributed by atoms with Crippen LogP contribution in [0.1, 0.15) is 12.5 Å². The molecule has 0 atom stereocenters. The number of sulfonamides is 1. The van der Waals surface area contributed by atoms with Gasteiger partial charge in [-0.2, -0.15) is 0 Å². The maximum atomic E-state index is 12.1. The van der Waals surface area contributed by atoms with Crippen molar-refractivity contribution in [2.45, 2.75) is 22.4 Å². The summed E-state index contributed by atoms with van der Waals surface area (Å²) in [5, 5.41) is 1.66. The highest BCUT2D eigenvalue weighted by Gasteiger charge is 2.18. The van der Waals surface area contributed by atoms with E-state index < -0.39 is 19.1 Å². The normalized spacial score (nSPS) is 12.3. The van der Waals surface area contributed by atoms with Crippen molar-refractivity contribution in [1.82, 2.24) is 0 Å². The Balaban J connectivity index is 2.39. The highest BCUT2D eigenvalue weighted by Crippen LogP contribution is 2.26. The Morgan fingerprint density at radius 3 is 2.43 bits per heavy atom. The lowest BCUT2D eigenvalue weighted by Gasteiger charge is -2.10. The Hall–Kier alpha value is -1.09. The highest BCUT2D eigenvalue weighted by molar-refractivity contribution is 8.13. The summed E-state index contributed by atoms with van der Waals surface area (Å²) in [6.07, 6.45) is 0.413. The molecule has 1 heterocycles. The maximum Gasteiger partial charge on any atom is 0.271 e. The molecule has 0 aliphatic carbocycles. The van der Waals surface area contributed by atoms with Crippen LogP contribution in [0.25, 0.3) is 0 Å². The molecule has 0 aliphatic heterocycles. The van der Waals surface area contributed by atoms with Crippen LogP contribution in [-0.4, -0.2) is 16.8 Å². The third-order valence-electron chi connectivity index (χ3n) is 2.72. The molecule has 1 aromatic heterocycles. The van der Waals surface area contributed by atoms with E-state index in [0.29, 0.717) is 17.7 Å². The number of benzene rings is 1. The lowest BCUT2D eigenvalue weighted by Crippen LogP contribution is -2.12. The van der Waals surface area contributed by atoms with E-state index >= 15 is 0 Å². The third kappa shape index (κ3) is 3.76. The van der Waals surface area contributed by atoms with Crippen LogP contribution in [0.3, 0.4) is 0 Å². The summed E-state index contributed by atoms with van der Waals surface area (Å²) in [5.41, 5.74) is 0.751. The molecule has 0 saturated heterocycles. The van der Waals surface area contributed by atoms with Gasteiger partial charge in [0, 0.05) is 16.4 Å². The smallest absolute Gasteiger partial charge is 0.271 e. The molecule has 1 aromatic carbocycles. The largest absolute Gasteiger partial charge is 0.279 e. The van der Waals surface area contributed by atoms with E-state index in [-0.39, 0.29) is 9.10 Å². The molecule has 2 aromatic rings. The number of hydrogen-bond donors (Lipinski definition) is 1. The lowest BCUT2D eigenvalue weighted by molar-refractivity contribution is 0.603. The van der Waals surface area contributed by atoms with Gasteiger partial charge < -0.3 is 0 Å². The second-order valence-electron chi connectivity index (χ2n) is 4.15. The molecule has 0 fully saturated rings. The molecule has 0 radical (unpaired) electrons. The summed E-state index contributed by atoms with van der Waals surface area (Å²) in [4.78, 5) is -0.00858. The van der Waals surface area contributed by atoms with Gasteiger partial charge in [0.25, 0.3) is 19.1 Å². The van der Waals surface area contributed by atoms with Gasteiger partial charge in [-0.15, -0.1) is 11.3 Å². The first-order chi connectivity index (χ1) is 9.74. The monoisotopic (exact) mass is 365 g/mol. The molecule has 0 spiro atoms. The molecule has 9 heteroatoms.